The van der Waals surface area contributed by atoms with Crippen LogP contribution in [0.1, 0.15) is 12.5 Å². The number of rotatable bonds is 3. The molecule has 0 unspecified atom stereocenters. The molecule has 0 aromatic carbocycles. The van der Waals surface area contributed by atoms with Gasteiger partial charge in [-0.05, 0) is 12.0 Å². The standard InChI is InChI=1S/C12H19N3O2S/c1-3-10-11(15-6-4-13-5-7-15)8-14-9-12(10)18(2,16)17/h8-9,13H,3-7H2,1-2H3. The SMILES string of the molecule is CCc1c(N2CCNCC2)cncc1S(C)(=O)=O. The summed E-state index contributed by atoms with van der Waals surface area (Å²) in [6.45, 7) is 5.61. The number of hydrogen-bond donors (Lipinski definition) is 1. The first-order valence-electron chi connectivity index (χ1n) is 6.16. The fraction of sp³-hybridized carbons (Fsp3) is 0.583. The molecule has 0 aliphatic carbocycles. The monoisotopic (exact) mass is 269 g/mol. The molecule has 100 valence electrons. The summed E-state index contributed by atoms with van der Waals surface area (Å²) in [4.78, 5) is 6.66. The Bertz CT molecular complexity index is 522. The smallest absolute Gasteiger partial charge is 0.177 e. The number of pyridine rings is 1. The fourth-order valence-electron chi connectivity index (χ4n) is 2.31. The van der Waals surface area contributed by atoms with Crippen molar-refractivity contribution in [3.63, 3.8) is 0 Å². The predicted octanol–water partition coefficient (Wildman–Crippen LogP) is 0.457. The Morgan fingerprint density at radius 2 is 2.00 bits per heavy atom. The summed E-state index contributed by atoms with van der Waals surface area (Å²) in [5.74, 6) is 0. The lowest BCUT2D eigenvalue weighted by Gasteiger charge is -2.31. The number of sulfone groups is 1. The number of nitrogens with one attached hydrogen (secondary N) is 1. The third-order valence-electron chi connectivity index (χ3n) is 3.21. The van der Waals surface area contributed by atoms with E-state index in [9.17, 15) is 8.42 Å². The van der Waals surface area contributed by atoms with Crippen molar-refractivity contribution < 1.29 is 8.42 Å². The third kappa shape index (κ3) is 2.64. The molecule has 0 amide bonds. The summed E-state index contributed by atoms with van der Waals surface area (Å²) < 4.78 is 23.6. The molecular formula is C12H19N3O2S. The molecule has 1 aromatic heterocycles. The van der Waals surface area contributed by atoms with Gasteiger partial charge in [0.2, 0.25) is 0 Å². The molecule has 1 fully saturated rings. The van der Waals surface area contributed by atoms with Crippen molar-refractivity contribution in [3.05, 3.63) is 18.0 Å². The molecule has 2 heterocycles. The van der Waals surface area contributed by atoms with Gasteiger partial charge in [-0.3, -0.25) is 4.98 Å². The van der Waals surface area contributed by atoms with E-state index < -0.39 is 9.84 Å². The highest BCUT2D eigenvalue weighted by Crippen LogP contribution is 2.26. The van der Waals surface area contributed by atoms with Crippen molar-refractivity contribution in [1.29, 1.82) is 0 Å². The van der Waals surface area contributed by atoms with Crippen LogP contribution < -0.4 is 10.2 Å². The summed E-state index contributed by atoms with van der Waals surface area (Å²) in [7, 11) is -3.21. The maximum atomic E-state index is 11.8. The van der Waals surface area contributed by atoms with Crippen LogP contribution in [0.5, 0.6) is 0 Å². The van der Waals surface area contributed by atoms with Gasteiger partial charge in [0.05, 0.1) is 16.8 Å². The molecule has 0 atom stereocenters. The summed E-state index contributed by atoms with van der Waals surface area (Å²) in [6, 6.07) is 0. The van der Waals surface area contributed by atoms with E-state index in [2.05, 4.69) is 15.2 Å². The number of nitrogens with zero attached hydrogens (tertiary/aromatic N) is 2. The summed E-state index contributed by atoms with van der Waals surface area (Å²) >= 11 is 0. The van der Waals surface area contributed by atoms with Gasteiger partial charge in [0.25, 0.3) is 0 Å². The van der Waals surface area contributed by atoms with Gasteiger partial charge in [-0.1, -0.05) is 6.92 Å². The molecular weight excluding hydrogens is 250 g/mol. The first-order chi connectivity index (χ1) is 8.54. The first kappa shape index (κ1) is 13.3. The van der Waals surface area contributed by atoms with Crippen molar-refractivity contribution in [1.82, 2.24) is 10.3 Å². The van der Waals surface area contributed by atoms with Crippen molar-refractivity contribution >= 4 is 15.5 Å². The van der Waals surface area contributed by atoms with Crippen LogP contribution in [-0.4, -0.2) is 45.8 Å². The van der Waals surface area contributed by atoms with Gasteiger partial charge in [-0.15, -0.1) is 0 Å². The molecule has 0 spiro atoms. The minimum atomic E-state index is -3.21. The van der Waals surface area contributed by atoms with Crippen LogP contribution in [0.25, 0.3) is 0 Å². The minimum absolute atomic E-state index is 0.362. The predicted molar refractivity (Wildman–Crippen MR) is 71.8 cm³/mol. The lowest BCUT2D eigenvalue weighted by molar-refractivity contribution is 0.585. The second-order valence-electron chi connectivity index (χ2n) is 4.50. The zero-order chi connectivity index (χ0) is 13.2. The van der Waals surface area contributed by atoms with E-state index in [4.69, 9.17) is 0 Å². The zero-order valence-corrected chi connectivity index (χ0v) is 11.6. The van der Waals surface area contributed by atoms with Crippen molar-refractivity contribution in [2.24, 2.45) is 0 Å². The van der Waals surface area contributed by atoms with E-state index in [-0.39, 0.29) is 0 Å². The highest BCUT2D eigenvalue weighted by atomic mass is 32.2. The Morgan fingerprint density at radius 1 is 1.33 bits per heavy atom. The van der Waals surface area contributed by atoms with E-state index in [1.165, 1.54) is 12.5 Å². The number of aromatic nitrogens is 1. The third-order valence-corrected chi connectivity index (χ3v) is 4.36. The Hall–Kier alpha value is -1.14. The maximum absolute atomic E-state index is 11.8. The van der Waals surface area contributed by atoms with E-state index in [0.29, 0.717) is 11.3 Å². The molecule has 0 bridgehead atoms. The highest BCUT2D eigenvalue weighted by molar-refractivity contribution is 7.90. The highest BCUT2D eigenvalue weighted by Gasteiger charge is 2.20. The number of anilines is 1. The van der Waals surface area contributed by atoms with Gasteiger partial charge in [-0.25, -0.2) is 8.42 Å². The van der Waals surface area contributed by atoms with E-state index in [0.717, 1.165) is 37.4 Å². The van der Waals surface area contributed by atoms with Gasteiger partial charge < -0.3 is 10.2 Å². The summed E-state index contributed by atoms with van der Waals surface area (Å²) in [6.07, 6.45) is 5.17. The maximum Gasteiger partial charge on any atom is 0.177 e. The first-order valence-corrected chi connectivity index (χ1v) is 8.05. The number of piperazine rings is 1. The van der Waals surface area contributed by atoms with Gasteiger partial charge in [0.1, 0.15) is 0 Å². The minimum Gasteiger partial charge on any atom is -0.367 e. The molecule has 1 aliphatic rings. The Morgan fingerprint density at radius 3 is 2.56 bits per heavy atom. The van der Waals surface area contributed by atoms with Gasteiger partial charge in [-0.2, -0.15) is 0 Å². The van der Waals surface area contributed by atoms with Crippen molar-refractivity contribution in [2.75, 3.05) is 37.3 Å². The molecule has 1 aliphatic heterocycles. The average molecular weight is 269 g/mol. The van der Waals surface area contributed by atoms with Crippen molar-refractivity contribution in [3.8, 4) is 0 Å². The second kappa shape index (κ2) is 5.24. The van der Waals surface area contributed by atoms with Gasteiger partial charge in [0.15, 0.2) is 9.84 Å². The molecule has 5 nitrogen and oxygen atoms in total. The molecule has 6 heteroatoms. The molecule has 2 rings (SSSR count). The molecule has 0 saturated carbocycles. The van der Waals surface area contributed by atoms with Crippen LogP contribution in [0, 0.1) is 0 Å². The fourth-order valence-corrected chi connectivity index (χ4v) is 3.26. The normalized spacial score (nSPS) is 16.9. The van der Waals surface area contributed by atoms with Crippen LogP contribution in [0.2, 0.25) is 0 Å². The second-order valence-corrected chi connectivity index (χ2v) is 6.48. The Balaban J connectivity index is 2.47. The largest absolute Gasteiger partial charge is 0.367 e. The summed E-state index contributed by atoms with van der Waals surface area (Å²) in [5.41, 5.74) is 1.84. The summed E-state index contributed by atoms with van der Waals surface area (Å²) in [5, 5.41) is 3.29. The van der Waals surface area contributed by atoms with Gasteiger partial charge >= 0.3 is 0 Å². The quantitative estimate of drug-likeness (QED) is 0.863. The van der Waals surface area contributed by atoms with Crippen LogP contribution in [0.4, 0.5) is 5.69 Å². The Kier molecular flexibility index (Phi) is 3.87. The molecule has 0 radical (unpaired) electrons. The topological polar surface area (TPSA) is 62.3 Å². The van der Waals surface area contributed by atoms with E-state index >= 15 is 0 Å². The van der Waals surface area contributed by atoms with Crippen LogP contribution in [0.3, 0.4) is 0 Å². The lowest BCUT2D eigenvalue weighted by Crippen LogP contribution is -2.44. The van der Waals surface area contributed by atoms with E-state index in [1.807, 2.05) is 6.92 Å². The Labute approximate surface area is 108 Å². The average Bonchev–Trinajstić information content (AvgIpc) is 2.37. The zero-order valence-electron chi connectivity index (χ0n) is 10.8. The van der Waals surface area contributed by atoms with Crippen LogP contribution in [-0.2, 0) is 16.3 Å². The number of hydrogen-bond acceptors (Lipinski definition) is 5. The molecule has 1 N–H and O–H groups in total. The molecule has 1 aromatic rings. The van der Waals surface area contributed by atoms with Crippen molar-refractivity contribution in [2.45, 2.75) is 18.2 Å². The van der Waals surface area contributed by atoms with E-state index in [1.54, 1.807) is 6.20 Å². The molecule has 18 heavy (non-hydrogen) atoms. The lowest BCUT2D eigenvalue weighted by atomic mass is 10.1. The molecule has 1 saturated heterocycles. The van der Waals surface area contributed by atoms with Gasteiger partial charge in [0, 0.05) is 38.6 Å². The van der Waals surface area contributed by atoms with Crippen LogP contribution in [0.15, 0.2) is 17.3 Å². The van der Waals surface area contributed by atoms with Crippen LogP contribution >= 0.6 is 0 Å².